The number of rotatable bonds is 5. The Kier molecular flexibility index (Phi) is 6.11. The van der Waals surface area contributed by atoms with E-state index in [1.807, 2.05) is 40.7 Å². The molecular weight excluding hydrogens is 278 g/mol. The van der Waals surface area contributed by atoms with Crippen LogP contribution in [0.1, 0.15) is 46.1 Å². The Morgan fingerprint density at radius 1 is 1.18 bits per heavy atom. The smallest absolute Gasteiger partial charge is 0.241 e. The highest BCUT2D eigenvalue weighted by Crippen LogP contribution is 2.25. The molecule has 0 aliphatic carbocycles. The summed E-state index contributed by atoms with van der Waals surface area (Å²) < 4.78 is 0. The van der Waals surface area contributed by atoms with E-state index >= 15 is 0 Å². The fourth-order valence-corrected chi connectivity index (χ4v) is 1.95. The topological polar surface area (TPSA) is 84.2 Å². The molecule has 1 atom stereocenters. The second-order valence-corrected chi connectivity index (χ2v) is 6.61. The van der Waals surface area contributed by atoms with Crippen LogP contribution in [0.15, 0.2) is 18.2 Å². The van der Waals surface area contributed by atoms with Gasteiger partial charge in [-0.15, -0.1) is 0 Å². The third-order valence-electron chi connectivity index (χ3n) is 3.56. The highest BCUT2D eigenvalue weighted by atomic mass is 16.2. The Hall–Kier alpha value is -1.88. The van der Waals surface area contributed by atoms with E-state index in [4.69, 9.17) is 5.73 Å². The molecule has 0 saturated carbocycles. The normalized spacial score (nSPS) is 12.6. The molecule has 122 valence electrons. The molecule has 5 heteroatoms. The average molecular weight is 305 g/mol. The monoisotopic (exact) mass is 305 g/mol. The van der Waals surface area contributed by atoms with E-state index < -0.39 is 6.04 Å². The molecule has 0 saturated heterocycles. The average Bonchev–Trinajstić information content (AvgIpc) is 2.41. The molecule has 0 spiro atoms. The fraction of sp³-hybridized carbons (Fsp3) is 0.529. The SMILES string of the molecule is CCCC(=O)Nc1cccc(NC(=O)[C@@H](N)C(C)(C)C)c1C. The van der Waals surface area contributed by atoms with Crippen LogP contribution in [0.3, 0.4) is 0 Å². The van der Waals surface area contributed by atoms with Crippen molar-refractivity contribution in [3.63, 3.8) is 0 Å². The molecule has 1 aromatic rings. The first-order valence-corrected chi connectivity index (χ1v) is 7.62. The molecule has 5 nitrogen and oxygen atoms in total. The van der Waals surface area contributed by atoms with Crippen LogP contribution in [0, 0.1) is 12.3 Å². The van der Waals surface area contributed by atoms with Crippen molar-refractivity contribution in [1.82, 2.24) is 0 Å². The van der Waals surface area contributed by atoms with Gasteiger partial charge in [-0.25, -0.2) is 0 Å². The van der Waals surface area contributed by atoms with Crippen LogP contribution in [0.25, 0.3) is 0 Å². The van der Waals surface area contributed by atoms with E-state index in [0.29, 0.717) is 17.8 Å². The molecule has 1 aromatic carbocycles. The zero-order valence-electron chi connectivity index (χ0n) is 14.1. The van der Waals surface area contributed by atoms with Crippen LogP contribution >= 0.6 is 0 Å². The van der Waals surface area contributed by atoms with Crippen LogP contribution in [0.5, 0.6) is 0 Å². The van der Waals surface area contributed by atoms with Gasteiger partial charge in [-0.2, -0.15) is 0 Å². The highest BCUT2D eigenvalue weighted by Gasteiger charge is 2.27. The lowest BCUT2D eigenvalue weighted by molar-refractivity contribution is -0.119. The number of carbonyl (C=O) groups excluding carboxylic acids is 2. The summed E-state index contributed by atoms with van der Waals surface area (Å²) >= 11 is 0. The van der Waals surface area contributed by atoms with Gasteiger partial charge < -0.3 is 16.4 Å². The zero-order valence-corrected chi connectivity index (χ0v) is 14.1. The van der Waals surface area contributed by atoms with E-state index in [9.17, 15) is 9.59 Å². The number of hydrogen-bond acceptors (Lipinski definition) is 3. The summed E-state index contributed by atoms with van der Waals surface area (Å²) in [6.45, 7) is 9.58. The maximum Gasteiger partial charge on any atom is 0.241 e. The molecule has 2 amide bonds. The van der Waals surface area contributed by atoms with Crippen molar-refractivity contribution in [2.24, 2.45) is 11.1 Å². The maximum atomic E-state index is 12.2. The summed E-state index contributed by atoms with van der Waals surface area (Å²) in [5.74, 6) is -0.256. The second kappa shape index (κ2) is 7.40. The lowest BCUT2D eigenvalue weighted by atomic mass is 9.87. The first-order valence-electron chi connectivity index (χ1n) is 7.62. The first kappa shape index (κ1) is 18.2. The molecule has 0 aromatic heterocycles. The Morgan fingerprint density at radius 3 is 2.23 bits per heavy atom. The van der Waals surface area contributed by atoms with E-state index in [1.54, 1.807) is 12.1 Å². The van der Waals surface area contributed by atoms with E-state index in [-0.39, 0.29) is 17.2 Å². The molecule has 0 heterocycles. The molecular formula is C17H27N3O2. The first-order chi connectivity index (χ1) is 10.2. The Bertz CT molecular complexity index is 547. The minimum atomic E-state index is -0.606. The summed E-state index contributed by atoms with van der Waals surface area (Å²) in [5.41, 5.74) is 7.85. The number of hydrogen-bond donors (Lipinski definition) is 3. The van der Waals surface area contributed by atoms with Crippen molar-refractivity contribution < 1.29 is 9.59 Å². The molecule has 0 unspecified atom stereocenters. The molecule has 0 aliphatic heterocycles. The van der Waals surface area contributed by atoms with Crippen LogP contribution in [-0.2, 0) is 9.59 Å². The van der Waals surface area contributed by atoms with Gasteiger partial charge in [0.1, 0.15) is 0 Å². The van der Waals surface area contributed by atoms with Crippen LogP contribution in [0.2, 0.25) is 0 Å². The molecule has 22 heavy (non-hydrogen) atoms. The summed E-state index contributed by atoms with van der Waals surface area (Å²) in [6.07, 6.45) is 1.27. The standard InChI is InChI=1S/C17H27N3O2/c1-6-8-14(21)19-12-9-7-10-13(11(12)2)20-16(22)15(18)17(3,4)5/h7,9-10,15H,6,8,18H2,1-5H3,(H,19,21)(H,20,22)/t15-/m1/s1. The molecule has 1 rings (SSSR count). The van der Waals surface area contributed by atoms with Gasteiger partial charge in [0.2, 0.25) is 11.8 Å². The predicted octanol–water partition coefficient (Wildman–Crippen LogP) is 3.05. The third kappa shape index (κ3) is 4.84. The maximum absolute atomic E-state index is 12.2. The summed E-state index contributed by atoms with van der Waals surface area (Å²) in [5, 5.41) is 5.71. The quantitative estimate of drug-likeness (QED) is 0.781. The number of nitrogens with two attached hydrogens (primary N) is 1. The van der Waals surface area contributed by atoms with Crippen molar-refractivity contribution in [2.75, 3.05) is 10.6 Å². The Balaban J connectivity index is 2.89. The second-order valence-electron chi connectivity index (χ2n) is 6.61. The van der Waals surface area contributed by atoms with Gasteiger partial charge in [-0.3, -0.25) is 9.59 Å². The van der Waals surface area contributed by atoms with Crippen molar-refractivity contribution in [3.05, 3.63) is 23.8 Å². The number of amides is 2. The van der Waals surface area contributed by atoms with E-state index in [2.05, 4.69) is 10.6 Å². The number of carbonyl (C=O) groups is 2. The lowest BCUT2D eigenvalue weighted by Gasteiger charge is -2.26. The van der Waals surface area contributed by atoms with Crippen molar-refractivity contribution in [3.8, 4) is 0 Å². The third-order valence-corrected chi connectivity index (χ3v) is 3.56. The van der Waals surface area contributed by atoms with Crippen LogP contribution < -0.4 is 16.4 Å². The van der Waals surface area contributed by atoms with Gasteiger partial charge in [0.25, 0.3) is 0 Å². The number of benzene rings is 1. The number of nitrogens with one attached hydrogen (secondary N) is 2. The minimum absolute atomic E-state index is 0.0273. The largest absolute Gasteiger partial charge is 0.326 e. The molecule has 0 bridgehead atoms. The predicted molar refractivity (Wildman–Crippen MR) is 90.8 cm³/mol. The zero-order chi connectivity index (χ0) is 16.9. The van der Waals surface area contributed by atoms with Gasteiger partial charge in [0.15, 0.2) is 0 Å². The van der Waals surface area contributed by atoms with E-state index in [0.717, 1.165) is 12.0 Å². The fourth-order valence-electron chi connectivity index (χ4n) is 1.95. The van der Waals surface area contributed by atoms with Crippen molar-refractivity contribution in [2.45, 2.75) is 53.5 Å². The van der Waals surface area contributed by atoms with Gasteiger partial charge in [-0.05, 0) is 36.5 Å². The lowest BCUT2D eigenvalue weighted by Crippen LogP contribution is -2.45. The summed E-state index contributed by atoms with van der Waals surface area (Å²) in [6, 6.07) is 4.82. The molecule has 0 aliphatic rings. The van der Waals surface area contributed by atoms with Crippen LogP contribution in [-0.4, -0.2) is 17.9 Å². The van der Waals surface area contributed by atoms with Gasteiger partial charge in [0, 0.05) is 17.8 Å². The molecule has 0 fully saturated rings. The summed E-state index contributed by atoms with van der Waals surface area (Å²) in [7, 11) is 0. The Labute approximate surface area is 132 Å². The van der Waals surface area contributed by atoms with Gasteiger partial charge in [0.05, 0.1) is 6.04 Å². The van der Waals surface area contributed by atoms with Crippen molar-refractivity contribution >= 4 is 23.2 Å². The van der Waals surface area contributed by atoms with Crippen LogP contribution in [0.4, 0.5) is 11.4 Å². The summed E-state index contributed by atoms with van der Waals surface area (Å²) in [4.78, 5) is 23.9. The van der Waals surface area contributed by atoms with Gasteiger partial charge in [-0.1, -0.05) is 33.8 Å². The molecule has 4 N–H and O–H groups in total. The Morgan fingerprint density at radius 2 is 1.73 bits per heavy atom. The van der Waals surface area contributed by atoms with E-state index in [1.165, 1.54) is 0 Å². The molecule has 0 radical (unpaired) electrons. The van der Waals surface area contributed by atoms with Gasteiger partial charge >= 0.3 is 0 Å². The number of anilines is 2. The highest BCUT2D eigenvalue weighted by molar-refractivity contribution is 5.98. The minimum Gasteiger partial charge on any atom is -0.326 e. The van der Waals surface area contributed by atoms with Crippen molar-refractivity contribution in [1.29, 1.82) is 0 Å².